The predicted octanol–water partition coefficient (Wildman–Crippen LogP) is 1.32. The van der Waals surface area contributed by atoms with Crippen molar-refractivity contribution in [3.05, 3.63) is 39.7 Å². The molecule has 0 saturated carbocycles. The highest BCUT2D eigenvalue weighted by Gasteiger charge is 2.04. The Bertz CT molecular complexity index is 513. The van der Waals surface area contributed by atoms with Gasteiger partial charge >= 0.3 is 0 Å². The molecule has 0 unspecified atom stereocenters. The topological polar surface area (TPSA) is 75.2 Å². The first-order valence-corrected chi connectivity index (χ1v) is 3.62. The van der Waals surface area contributed by atoms with Crippen molar-refractivity contribution in [2.75, 3.05) is 0 Å². The first-order valence-electron chi connectivity index (χ1n) is 3.62. The van der Waals surface area contributed by atoms with E-state index in [0.717, 1.165) is 0 Å². The summed E-state index contributed by atoms with van der Waals surface area (Å²) in [5.41, 5.74) is -0.256. The Morgan fingerprint density at radius 2 is 2.23 bits per heavy atom. The fourth-order valence-electron chi connectivity index (χ4n) is 1.20. The van der Waals surface area contributed by atoms with Crippen LogP contribution in [0, 0.1) is 4.91 Å². The average Bonchev–Trinajstić information content (AvgIpc) is 2.17. The Labute approximate surface area is 72.4 Å². The van der Waals surface area contributed by atoms with Gasteiger partial charge in [0, 0.05) is 5.39 Å². The smallest absolute Gasteiger partial charge is 0.267 e. The summed E-state index contributed by atoms with van der Waals surface area (Å²) in [6, 6.07) is 4.84. The van der Waals surface area contributed by atoms with Crippen molar-refractivity contribution >= 4 is 16.5 Å². The number of H-pyrrole nitrogens is 1. The molecular weight excluding hydrogens is 170 g/mol. The summed E-state index contributed by atoms with van der Waals surface area (Å²) in [5.74, 6) is 0. The normalized spacial score (nSPS) is 10.2. The number of nitrogens with one attached hydrogen (secondary N) is 1. The molecular formula is C8H5N3O2. The fraction of sp³-hybridized carbons (Fsp3) is 0. The van der Waals surface area contributed by atoms with Crippen LogP contribution in [0.3, 0.4) is 0 Å². The summed E-state index contributed by atoms with van der Waals surface area (Å²) in [6.45, 7) is 0. The van der Waals surface area contributed by atoms with Gasteiger partial charge in [0.1, 0.15) is 5.69 Å². The third-order valence-corrected chi connectivity index (χ3v) is 1.77. The summed E-state index contributed by atoms with van der Waals surface area (Å²) in [7, 11) is 0. The van der Waals surface area contributed by atoms with E-state index in [1.54, 1.807) is 12.1 Å². The number of hydrogen-bond acceptors (Lipinski definition) is 4. The lowest BCUT2D eigenvalue weighted by Crippen LogP contribution is -2.07. The van der Waals surface area contributed by atoms with Crippen molar-refractivity contribution in [3.63, 3.8) is 0 Å². The zero-order valence-electron chi connectivity index (χ0n) is 6.52. The maximum absolute atomic E-state index is 11.2. The largest absolute Gasteiger partial charge is 0.274 e. The van der Waals surface area contributed by atoms with Gasteiger partial charge in [-0.2, -0.15) is 5.10 Å². The molecule has 1 aromatic carbocycles. The molecule has 2 rings (SSSR count). The van der Waals surface area contributed by atoms with Crippen molar-refractivity contribution in [1.82, 2.24) is 10.2 Å². The Balaban J connectivity index is 3.03. The van der Waals surface area contributed by atoms with Gasteiger partial charge in [-0.3, -0.25) is 4.79 Å². The molecule has 0 spiro atoms. The van der Waals surface area contributed by atoms with Crippen molar-refractivity contribution < 1.29 is 0 Å². The molecule has 5 heteroatoms. The maximum atomic E-state index is 11.2. The summed E-state index contributed by atoms with van der Waals surface area (Å²) in [4.78, 5) is 21.6. The van der Waals surface area contributed by atoms with Gasteiger partial charge in [-0.1, -0.05) is 12.1 Å². The molecule has 5 nitrogen and oxygen atoms in total. The van der Waals surface area contributed by atoms with E-state index in [1.165, 1.54) is 12.3 Å². The van der Waals surface area contributed by atoms with Crippen LogP contribution >= 0.6 is 0 Å². The highest BCUT2D eigenvalue weighted by Crippen LogP contribution is 2.20. The van der Waals surface area contributed by atoms with Crippen molar-refractivity contribution in [2.24, 2.45) is 5.18 Å². The number of rotatable bonds is 1. The van der Waals surface area contributed by atoms with Gasteiger partial charge in [-0.15, -0.1) is 4.91 Å². The van der Waals surface area contributed by atoms with E-state index >= 15 is 0 Å². The summed E-state index contributed by atoms with van der Waals surface area (Å²) in [6.07, 6.45) is 1.48. The van der Waals surface area contributed by atoms with Gasteiger partial charge in [0.15, 0.2) is 0 Å². The Kier molecular flexibility index (Phi) is 1.63. The van der Waals surface area contributed by atoms with Gasteiger partial charge in [0.05, 0.1) is 11.6 Å². The second-order valence-corrected chi connectivity index (χ2v) is 2.53. The minimum absolute atomic E-state index is 0.140. The van der Waals surface area contributed by atoms with Crippen LogP contribution in [0.15, 0.2) is 34.4 Å². The lowest BCUT2D eigenvalue weighted by Gasteiger charge is -1.95. The molecule has 0 aliphatic carbocycles. The molecule has 64 valence electrons. The lowest BCUT2D eigenvalue weighted by atomic mass is 10.2. The molecule has 0 amide bonds. The van der Waals surface area contributed by atoms with E-state index < -0.39 is 5.56 Å². The van der Waals surface area contributed by atoms with Crippen LogP contribution in [-0.4, -0.2) is 10.2 Å². The number of aromatic amines is 1. The minimum atomic E-state index is -0.396. The summed E-state index contributed by atoms with van der Waals surface area (Å²) < 4.78 is 0. The molecule has 0 fully saturated rings. The average molecular weight is 175 g/mol. The SMILES string of the molecule is O=Nc1cccc2cn[nH]c(=O)c12. The van der Waals surface area contributed by atoms with Crippen LogP contribution in [0.5, 0.6) is 0 Å². The molecule has 0 radical (unpaired) electrons. The second kappa shape index (κ2) is 2.78. The van der Waals surface area contributed by atoms with Crippen LogP contribution in [0.1, 0.15) is 0 Å². The molecule has 1 heterocycles. The van der Waals surface area contributed by atoms with Crippen LogP contribution < -0.4 is 5.56 Å². The summed E-state index contributed by atoms with van der Waals surface area (Å²) in [5, 5.41) is 9.51. The Morgan fingerprint density at radius 1 is 1.38 bits per heavy atom. The molecule has 2 aromatic rings. The van der Waals surface area contributed by atoms with Gasteiger partial charge in [0.2, 0.25) is 0 Å². The number of nitrogens with zero attached hydrogens (tertiary/aromatic N) is 2. The van der Waals surface area contributed by atoms with Crippen LogP contribution in [0.2, 0.25) is 0 Å². The van der Waals surface area contributed by atoms with Crippen molar-refractivity contribution in [2.45, 2.75) is 0 Å². The number of nitroso groups, excluding NO2 is 1. The molecule has 0 atom stereocenters. The molecule has 13 heavy (non-hydrogen) atoms. The number of fused-ring (bicyclic) bond motifs is 1. The quantitative estimate of drug-likeness (QED) is 0.664. The second-order valence-electron chi connectivity index (χ2n) is 2.53. The van der Waals surface area contributed by atoms with Gasteiger partial charge in [-0.05, 0) is 11.2 Å². The number of hydrogen-bond donors (Lipinski definition) is 1. The molecule has 0 bridgehead atoms. The fourth-order valence-corrected chi connectivity index (χ4v) is 1.20. The van der Waals surface area contributed by atoms with E-state index in [9.17, 15) is 9.70 Å². The third kappa shape index (κ3) is 1.10. The number of aromatic nitrogens is 2. The first-order chi connectivity index (χ1) is 6.33. The van der Waals surface area contributed by atoms with Crippen LogP contribution in [0.4, 0.5) is 5.69 Å². The Hall–Kier alpha value is -2.04. The van der Waals surface area contributed by atoms with Gasteiger partial charge in [-0.25, -0.2) is 5.10 Å². The standard InChI is InChI=1S/C8H5N3O2/c12-8-7-5(4-9-10-8)2-1-3-6(7)11-13/h1-4H,(H,10,12). The molecule has 0 aliphatic rings. The molecule has 0 aliphatic heterocycles. The van der Waals surface area contributed by atoms with Crippen molar-refractivity contribution in [1.29, 1.82) is 0 Å². The zero-order valence-corrected chi connectivity index (χ0v) is 6.52. The highest BCUT2D eigenvalue weighted by molar-refractivity contribution is 5.90. The minimum Gasteiger partial charge on any atom is -0.267 e. The van der Waals surface area contributed by atoms with Crippen LogP contribution in [0.25, 0.3) is 10.8 Å². The van der Waals surface area contributed by atoms with E-state index in [0.29, 0.717) is 5.39 Å². The zero-order chi connectivity index (χ0) is 9.26. The predicted molar refractivity (Wildman–Crippen MR) is 47.8 cm³/mol. The first kappa shape index (κ1) is 7.60. The third-order valence-electron chi connectivity index (χ3n) is 1.77. The maximum Gasteiger partial charge on any atom is 0.274 e. The van der Waals surface area contributed by atoms with E-state index in [2.05, 4.69) is 15.4 Å². The summed E-state index contributed by atoms with van der Waals surface area (Å²) >= 11 is 0. The molecule has 1 N–H and O–H groups in total. The highest BCUT2D eigenvalue weighted by atomic mass is 16.3. The van der Waals surface area contributed by atoms with E-state index in [-0.39, 0.29) is 11.1 Å². The van der Waals surface area contributed by atoms with Gasteiger partial charge < -0.3 is 0 Å². The monoisotopic (exact) mass is 175 g/mol. The van der Waals surface area contributed by atoms with E-state index in [4.69, 9.17) is 0 Å². The lowest BCUT2D eigenvalue weighted by molar-refractivity contribution is 1.01. The Morgan fingerprint density at radius 3 is 3.00 bits per heavy atom. The number of benzene rings is 1. The molecule has 0 saturated heterocycles. The molecule has 1 aromatic heterocycles. The van der Waals surface area contributed by atoms with Crippen LogP contribution in [-0.2, 0) is 0 Å². The van der Waals surface area contributed by atoms with E-state index in [1.807, 2.05) is 0 Å². The van der Waals surface area contributed by atoms with Gasteiger partial charge in [0.25, 0.3) is 5.56 Å². The van der Waals surface area contributed by atoms with Crippen molar-refractivity contribution in [3.8, 4) is 0 Å².